The number of hydrogen-bond acceptors (Lipinski definition) is 2. The van der Waals surface area contributed by atoms with Gasteiger partial charge in [-0.05, 0) is 36.4 Å². The second-order valence-corrected chi connectivity index (χ2v) is 7.85. The first-order valence-corrected chi connectivity index (χ1v) is 10.4. The number of para-hydroxylation sites is 2. The fourth-order valence-electron chi connectivity index (χ4n) is 4.93. The lowest BCUT2D eigenvalue weighted by Crippen LogP contribution is -2.31. The molecule has 0 bridgehead atoms. The summed E-state index contributed by atoms with van der Waals surface area (Å²) in [6, 6.07) is 25.4. The molecule has 5 heteroatoms. The number of hydrogen-bond donors (Lipinski definition) is 0. The highest BCUT2D eigenvalue weighted by molar-refractivity contribution is 6.05. The van der Waals surface area contributed by atoms with Crippen LogP contribution in [0.3, 0.4) is 0 Å². The molecule has 0 unspecified atom stereocenters. The molecule has 0 saturated carbocycles. The maximum absolute atomic E-state index is 4.48. The van der Waals surface area contributed by atoms with E-state index in [1.807, 2.05) is 24.8 Å². The molecule has 31 heavy (non-hydrogen) atoms. The smallest absolute Gasteiger partial charge is 0.273 e. The van der Waals surface area contributed by atoms with Crippen molar-refractivity contribution in [2.75, 3.05) is 0 Å². The molecule has 0 amide bonds. The van der Waals surface area contributed by atoms with E-state index in [9.17, 15) is 0 Å². The summed E-state index contributed by atoms with van der Waals surface area (Å²) >= 11 is 0. The van der Waals surface area contributed by atoms with Gasteiger partial charge in [-0.1, -0.05) is 36.4 Å². The quantitative estimate of drug-likeness (QED) is 0.395. The lowest BCUT2D eigenvalue weighted by atomic mass is 10.1. The van der Waals surface area contributed by atoms with Crippen LogP contribution in [0.1, 0.15) is 5.56 Å². The van der Waals surface area contributed by atoms with Crippen LogP contribution < -0.4 is 4.57 Å². The van der Waals surface area contributed by atoms with Crippen molar-refractivity contribution in [2.45, 2.75) is 6.54 Å². The van der Waals surface area contributed by atoms with Gasteiger partial charge in [0, 0.05) is 36.0 Å². The molecule has 0 radical (unpaired) electrons. The van der Waals surface area contributed by atoms with Crippen LogP contribution in [0.2, 0.25) is 0 Å². The Bertz CT molecular complexity index is 1590. The largest absolute Gasteiger partial charge is 0.297 e. The number of imidazole rings is 1. The minimum Gasteiger partial charge on any atom is -0.273 e. The average molecular weight is 400 g/mol. The second-order valence-electron chi connectivity index (χ2n) is 7.85. The predicted molar refractivity (Wildman–Crippen MR) is 120 cm³/mol. The molecule has 0 spiro atoms. The van der Waals surface area contributed by atoms with Crippen LogP contribution in [0.5, 0.6) is 0 Å². The molecule has 5 heterocycles. The Hall–Kier alpha value is -4.25. The molecule has 0 aliphatic carbocycles. The van der Waals surface area contributed by atoms with Crippen LogP contribution in [-0.2, 0) is 6.54 Å². The van der Waals surface area contributed by atoms with E-state index in [-0.39, 0.29) is 0 Å². The molecular weight excluding hydrogens is 382 g/mol. The number of aromatic nitrogens is 5. The fourth-order valence-corrected chi connectivity index (χ4v) is 4.93. The molecule has 2 aromatic carbocycles. The van der Waals surface area contributed by atoms with Gasteiger partial charge in [0.15, 0.2) is 0 Å². The Morgan fingerprint density at radius 2 is 1.39 bits per heavy atom. The third kappa shape index (κ3) is 2.17. The third-order valence-corrected chi connectivity index (χ3v) is 6.17. The molecular formula is C26H18N5+. The molecule has 1 aliphatic heterocycles. The second kappa shape index (κ2) is 6.12. The number of rotatable bonds is 2. The van der Waals surface area contributed by atoms with Crippen LogP contribution in [0, 0.1) is 0 Å². The zero-order valence-corrected chi connectivity index (χ0v) is 16.7. The van der Waals surface area contributed by atoms with Crippen molar-refractivity contribution in [3.05, 3.63) is 103 Å². The maximum Gasteiger partial charge on any atom is 0.297 e. The van der Waals surface area contributed by atoms with Crippen molar-refractivity contribution < 1.29 is 4.57 Å². The highest BCUT2D eigenvalue weighted by atomic mass is 15.3. The Kier molecular flexibility index (Phi) is 3.27. The van der Waals surface area contributed by atoms with Gasteiger partial charge in [-0.25, -0.2) is 4.57 Å². The van der Waals surface area contributed by atoms with Crippen LogP contribution in [0.15, 0.2) is 97.6 Å². The molecule has 146 valence electrons. The minimum atomic E-state index is 0.803. The Balaban J connectivity index is 1.74. The van der Waals surface area contributed by atoms with E-state index in [0.29, 0.717) is 0 Å². The van der Waals surface area contributed by atoms with Gasteiger partial charge in [-0.2, -0.15) is 4.57 Å². The van der Waals surface area contributed by atoms with Crippen molar-refractivity contribution in [1.29, 1.82) is 0 Å². The van der Waals surface area contributed by atoms with Gasteiger partial charge in [0.25, 0.3) is 11.5 Å². The number of nitrogens with zero attached hydrogens (tertiary/aromatic N) is 5. The van der Waals surface area contributed by atoms with Crippen LogP contribution >= 0.6 is 0 Å². The molecule has 4 aromatic heterocycles. The maximum atomic E-state index is 4.48. The van der Waals surface area contributed by atoms with Crippen molar-refractivity contribution in [2.24, 2.45) is 0 Å². The van der Waals surface area contributed by atoms with Gasteiger partial charge < -0.3 is 0 Å². The van der Waals surface area contributed by atoms with E-state index in [4.69, 9.17) is 0 Å². The van der Waals surface area contributed by atoms with Gasteiger partial charge in [0.05, 0.1) is 16.5 Å². The SMILES string of the molecule is c1ccc(-n2c3[n+](c4c5cnccc5n(-c5ccccc5)c42)Cc2cnccc2-3)cc1. The third-order valence-electron chi connectivity index (χ3n) is 6.17. The van der Waals surface area contributed by atoms with Crippen molar-refractivity contribution >= 4 is 22.1 Å². The molecule has 6 aromatic rings. The number of benzene rings is 2. The normalized spacial score (nSPS) is 12.4. The van der Waals surface area contributed by atoms with Crippen LogP contribution in [0.4, 0.5) is 0 Å². The highest BCUT2D eigenvalue weighted by Gasteiger charge is 2.38. The highest BCUT2D eigenvalue weighted by Crippen LogP contribution is 2.38. The van der Waals surface area contributed by atoms with E-state index >= 15 is 0 Å². The van der Waals surface area contributed by atoms with E-state index in [2.05, 4.69) is 96.5 Å². The molecule has 1 aliphatic rings. The molecule has 0 fully saturated rings. The van der Waals surface area contributed by atoms with Gasteiger partial charge in [0.2, 0.25) is 5.52 Å². The Labute approximate surface area is 178 Å². The average Bonchev–Trinajstić information content (AvgIpc) is 3.46. The van der Waals surface area contributed by atoms with Crippen molar-refractivity contribution in [3.63, 3.8) is 0 Å². The van der Waals surface area contributed by atoms with E-state index in [1.54, 1.807) is 0 Å². The zero-order chi connectivity index (χ0) is 20.4. The van der Waals surface area contributed by atoms with Gasteiger partial charge >= 0.3 is 0 Å². The van der Waals surface area contributed by atoms with E-state index < -0.39 is 0 Å². The summed E-state index contributed by atoms with van der Waals surface area (Å²) in [6.07, 6.45) is 7.72. The van der Waals surface area contributed by atoms with Crippen LogP contribution in [-0.4, -0.2) is 19.1 Å². The summed E-state index contributed by atoms with van der Waals surface area (Å²) in [5, 5.41) is 1.15. The van der Waals surface area contributed by atoms with Crippen molar-refractivity contribution in [1.82, 2.24) is 19.1 Å². The van der Waals surface area contributed by atoms with Gasteiger partial charge in [0.1, 0.15) is 12.2 Å². The molecule has 0 atom stereocenters. The first-order valence-electron chi connectivity index (χ1n) is 10.4. The van der Waals surface area contributed by atoms with E-state index in [1.165, 1.54) is 22.5 Å². The Morgan fingerprint density at radius 3 is 2.16 bits per heavy atom. The number of pyridine rings is 2. The monoisotopic (exact) mass is 400 g/mol. The minimum absolute atomic E-state index is 0.803. The van der Waals surface area contributed by atoms with E-state index in [0.717, 1.165) is 34.5 Å². The summed E-state index contributed by atoms with van der Waals surface area (Å²) in [5.74, 6) is 1.18. The lowest BCUT2D eigenvalue weighted by molar-refractivity contribution is -0.645. The van der Waals surface area contributed by atoms with Gasteiger partial charge in [-0.3, -0.25) is 14.5 Å². The number of fused-ring (bicyclic) bond motifs is 7. The lowest BCUT2D eigenvalue weighted by Gasteiger charge is -2.08. The summed E-state index contributed by atoms with van der Waals surface area (Å²) in [4.78, 5) is 8.85. The summed E-state index contributed by atoms with van der Waals surface area (Å²) < 4.78 is 7.15. The summed E-state index contributed by atoms with van der Waals surface area (Å²) in [5.41, 5.74) is 8.25. The molecule has 7 rings (SSSR count). The standard InChI is InChI=1S/C26H18N5/c1-3-7-19(8-4-1)30-23-12-14-28-16-22(23)24-26(30)31(20-9-5-2-6-10-20)25-21-11-13-27-15-18(21)17-29(24)25/h1-16H,17H2/q+1. The first-order chi connectivity index (χ1) is 15.4. The predicted octanol–water partition coefficient (Wildman–Crippen LogP) is 4.68. The first kappa shape index (κ1) is 16.5. The van der Waals surface area contributed by atoms with Gasteiger partial charge in [-0.15, -0.1) is 0 Å². The molecule has 0 saturated heterocycles. The topological polar surface area (TPSA) is 39.5 Å². The molecule has 5 nitrogen and oxygen atoms in total. The summed E-state index contributed by atoms with van der Waals surface area (Å²) in [7, 11) is 0. The zero-order valence-electron chi connectivity index (χ0n) is 16.7. The molecule has 0 N–H and O–H groups in total. The Morgan fingerprint density at radius 1 is 0.710 bits per heavy atom. The summed E-state index contributed by atoms with van der Waals surface area (Å²) in [6.45, 7) is 0.803. The fraction of sp³-hybridized carbons (Fsp3) is 0.0385. The van der Waals surface area contributed by atoms with Crippen LogP contribution in [0.25, 0.3) is 44.8 Å². The van der Waals surface area contributed by atoms with Crippen molar-refractivity contribution in [3.8, 4) is 22.8 Å².